The molecule has 0 aliphatic heterocycles. The quantitative estimate of drug-likeness (QED) is 0.771. The summed E-state index contributed by atoms with van der Waals surface area (Å²) in [5.74, 6) is 0.524. The number of aliphatic hydroxyl groups excluding tert-OH is 1. The maximum atomic E-state index is 9.87. The Morgan fingerprint density at radius 1 is 1.35 bits per heavy atom. The lowest BCUT2D eigenvalue weighted by atomic mass is 10.3. The maximum absolute atomic E-state index is 9.87. The van der Waals surface area contributed by atoms with Crippen molar-refractivity contribution in [2.24, 2.45) is 0 Å². The molecule has 2 N–H and O–H groups in total. The lowest BCUT2D eigenvalue weighted by Gasteiger charge is -2.20. The molecule has 0 bridgehead atoms. The van der Waals surface area contributed by atoms with E-state index in [-0.39, 0.29) is 6.61 Å². The zero-order chi connectivity index (χ0) is 15.1. The van der Waals surface area contributed by atoms with E-state index in [1.807, 2.05) is 14.1 Å². The lowest BCUT2D eigenvalue weighted by molar-refractivity contribution is 0.103. The van der Waals surface area contributed by atoms with Crippen molar-refractivity contribution < 1.29 is 9.84 Å². The minimum atomic E-state index is -0.591. The topological polar surface area (TPSA) is 44.7 Å². The van der Waals surface area contributed by atoms with E-state index < -0.39 is 6.10 Å². The van der Waals surface area contributed by atoms with Gasteiger partial charge in [0.2, 0.25) is 0 Å². The van der Waals surface area contributed by atoms with E-state index in [9.17, 15) is 5.11 Å². The highest BCUT2D eigenvalue weighted by molar-refractivity contribution is 6.35. The number of aliphatic hydroxyl groups is 1. The van der Waals surface area contributed by atoms with Gasteiger partial charge in [0.1, 0.15) is 18.5 Å². The second kappa shape index (κ2) is 8.70. The third kappa shape index (κ3) is 6.77. The van der Waals surface area contributed by atoms with Crippen molar-refractivity contribution in [3.63, 3.8) is 0 Å². The van der Waals surface area contributed by atoms with Crippen molar-refractivity contribution in [2.45, 2.75) is 19.1 Å². The number of halogens is 2. The highest BCUT2D eigenvalue weighted by Gasteiger charge is 2.10. The SMILES string of the molecule is CC(CN(C)C)NCC(O)COc1ccc(Cl)cc1Cl. The molecule has 0 saturated heterocycles. The molecule has 0 fully saturated rings. The molecule has 0 spiro atoms. The summed E-state index contributed by atoms with van der Waals surface area (Å²) in [6, 6.07) is 5.31. The highest BCUT2D eigenvalue weighted by Crippen LogP contribution is 2.27. The summed E-state index contributed by atoms with van der Waals surface area (Å²) in [5.41, 5.74) is 0. The van der Waals surface area contributed by atoms with Crippen molar-refractivity contribution in [3.05, 3.63) is 28.2 Å². The Morgan fingerprint density at radius 3 is 2.65 bits per heavy atom. The molecular formula is C14H22Cl2N2O2. The molecule has 20 heavy (non-hydrogen) atoms. The standard InChI is InChI=1S/C14H22Cl2N2O2/c1-10(8-18(2)3)17-7-12(19)9-20-14-5-4-11(15)6-13(14)16/h4-6,10,12,17,19H,7-9H2,1-3H3. The summed E-state index contributed by atoms with van der Waals surface area (Å²) in [6.45, 7) is 3.64. The third-order valence-corrected chi connectivity index (χ3v) is 3.20. The molecule has 2 atom stereocenters. The molecule has 0 saturated carbocycles. The second-order valence-corrected chi connectivity index (χ2v) is 5.95. The van der Waals surface area contributed by atoms with E-state index in [0.717, 1.165) is 6.54 Å². The van der Waals surface area contributed by atoms with Gasteiger partial charge in [0.25, 0.3) is 0 Å². The minimum Gasteiger partial charge on any atom is -0.489 e. The van der Waals surface area contributed by atoms with Gasteiger partial charge in [-0.1, -0.05) is 23.2 Å². The molecule has 1 aromatic rings. The van der Waals surface area contributed by atoms with Gasteiger partial charge in [0.05, 0.1) is 5.02 Å². The van der Waals surface area contributed by atoms with Crippen molar-refractivity contribution in [3.8, 4) is 5.75 Å². The Labute approximate surface area is 130 Å². The van der Waals surface area contributed by atoms with Crippen LogP contribution in [0.2, 0.25) is 10.0 Å². The van der Waals surface area contributed by atoms with Crippen molar-refractivity contribution >= 4 is 23.2 Å². The van der Waals surface area contributed by atoms with Crippen LogP contribution in [0.3, 0.4) is 0 Å². The smallest absolute Gasteiger partial charge is 0.138 e. The molecule has 0 amide bonds. The van der Waals surface area contributed by atoms with Gasteiger partial charge in [-0.05, 0) is 39.2 Å². The largest absolute Gasteiger partial charge is 0.489 e. The predicted octanol–water partition coefficient (Wildman–Crippen LogP) is 2.27. The molecule has 2 unspecified atom stereocenters. The fraction of sp³-hybridized carbons (Fsp3) is 0.571. The molecule has 1 rings (SSSR count). The van der Waals surface area contributed by atoms with Crippen LogP contribution >= 0.6 is 23.2 Å². The number of hydrogen-bond donors (Lipinski definition) is 2. The number of benzene rings is 1. The van der Waals surface area contributed by atoms with Crippen molar-refractivity contribution in [1.29, 1.82) is 0 Å². The van der Waals surface area contributed by atoms with Crippen LogP contribution in [0.25, 0.3) is 0 Å². The van der Waals surface area contributed by atoms with E-state index in [1.54, 1.807) is 18.2 Å². The van der Waals surface area contributed by atoms with E-state index in [4.69, 9.17) is 27.9 Å². The zero-order valence-electron chi connectivity index (χ0n) is 12.1. The fourth-order valence-electron chi connectivity index (χ4n) is 1.79. The van der Waals surface area contributed by atoms with E-state index in [2.05, 4.69) is 17.1 Å². The Bertz CT molecular complexity index is 416. The number of hydrogen-bond acceptors (Lipinski definition) is 4. The summed E-state index contributed by atoms with van der Waals surface area (Å²) in [5, 5.41) is 14.1. The molecule has 0 heterocycles. The number of rotatable bonds is 8. The van der Waals surface area contributed by atoms with Gasteiger partial charge in [0, 0.05) is 24.2 Å². The summed E-state index contributed by atoms with van der Waals surface area (Å²) in [4.78, 5) is 2.09. The molecule has 4 nitrogen and oxygen atoms in total. The van der Waals surface area contributed by atoms with Crippen molar-refractivity contribution in [2.75, 3.05) is 33.8 Å². The van der Waals surface area contributed by atoms with Crippen LogP contribution < -0.4 is 10.1 Å². The Hall–Kier alpha value is -0.520. The molecule has 0 aromatic heterocycles. The van der Waals surface area contributed by atoms with Gasteiger partial charge in [0.15, 0.2) is 0 Å². The number of ether oxygens (including phenoxy) is 1. The Morgan fingerprint density at radius 2 is 2.05 bits per heavy atom. The normalized spacial score (nSPS) is 14.3. The molecule has 0 radical (unpaired) electrons. The van der Waals surface area contributed by atoms with Gasteiger partial charge < -0.3 is 20.1 Å². The van der Waals surface area contributed by atoms with Crippen LogP contribution in [0, 0.1) is 0 Å². The number of likely N-dealkylation sites (N-methyl/N-ethyl adjacent to an activating group) is 1. The lowest BCUT2D eigenvalue weighted by Crippen LogP contribution is -2.41. The van der Waals surface area contributed by atoms with Gasteiger partial charge in [-0.3, -0.25) is 0 Å². The summed E-state index contributed by atoms with van der Waals surface area (Å²) in [6.07, 6.45) is -0.591. The zero-order valence-corrected chi connectivity index (χ0v) is 13.6. The second-order valence-electron chi connectivity index (χ2n) is 5.11. The molecule has 0 aliphatic carbocycles. The van der Waals surface area contributed by atoms with Crippen LogP contribution in [0.4, 0.5) is 0 Å². The fourth-order valence-corrected chi connectivity index (χ4v) is 2.25. The number of nitrogens with one attached hydrogen (secondary N) is 1. The molecule has 0 aliphatic rings. The monoisotopic (exact) mass is 320 g/mol. The Kier molecular flexibility index (Phi) is 7.62. The van der Waals surface area contributed by atoms with Crippen LogP contribution in [-0.2, 0) is 0 Å². The molecule has 114 valence electrons. The van der Waals surface area contributed by atoms with E-state index in [1.165, 1.54) is 0 Å². The summed E-state index contributed by atoms with van der Waals surface area (Å²) in [7, 11) is 4.03. The van der Waals surface area contributed by atoms with Gasteiger partial charge in [-0.15, -0.1) is 0 Å². The van der Waals surface area contributed by atoms with E-state index in [0.29, 0.717) is 28.4 Å². The van der Waals surface area contributed by atoms with Crippen LogP contribution in [0.15, 0.2) is 18.2 Å². The first-order valence-electron chi connectivity index (χ1n) is 6.52. The van der Waals surface area contributed by atoms with Crippen LogP contribution in [0.5, 0.6) is 5.75 Å². The number of nitrogens with zero attached hydrogens (tertiary/aromatic N) is 1. The maximum Gasteiger partial charge on any atom is 0.138 e. The Balaban J connectivity index is 2.30. The molecule has 6 heteroatoms. The third-order valence-electron chi connectivity index (χ3n) is 2.67. The minimum absolute atomic E-state index is 0.184. The first-order chi connectivity index (χ1) is 9.38. The van der Waals surface area contributed by atoms with Gasteiger partial charge in [-0.2, -0.15) is 0 Å². The average Bonchev–Trinajstić information content (AvgIpc) is 2.34. The van der Waals surface area contributed by atoms with E-state index >= 15 is 0 Å². The summed E-state index contributed by atoms with van der Waals surface area (Å²) >= 11 is 11.8. The molecule has 1 aromatic carbocycles. The van der Waals surface area contributed by atoms with Crippen LogP contribution in [-0.4, -0.2) is 55.9 Å². The highest BCUT2D eigenvalue weighted by atomic mass is 35.5. The average molecular weight is 321 g/mol. The van der Waals surface area contributed by atoms with Gasteiger partial charge >= 0.3 is 0 Å². The molecular weight excluding hydrogens is 299 g/mol. The van der Waals surface area contributed by atoms with Gasteiger partial charge in [-0.25, -0.2) is 0 Å². The predicted molar refractivity (Wildman–Crippen MR) is 84.0 cm³/mol. The first kappa shape index (κ1) is 17.5. The van der Waals surface area contributed by atoms with Crippen molar-refractivity contribution in [1.82, 2.24) is 10.2 Å². The first-order valence-corrected chi connectivity index (χ1v) is 7.28. The summed E-state index contributed by atoms with van der Waals surface area (Å²) < 4.78 is 5.48. The van der Waals surface area contributed by atoms with Crippen LogP contribution in [0.1, 0.15) is 6.92 Å².